The van der Waals surface area contributed by atoms with Gasteiger partial charge in [0, 0.05) is 13.6 Å². The molecule has 1 atom stereocenters. The topological polar surface area (TPSA) is 70.2 Å². The molecule has 0 aliphatic carbocycles. The molecule has 2 amide bonds. The Bertz CT molecular complexity index is 247. The number of likely N-dealkylation sites (N-methyl/N-ethyl adjacent to an activating group) is 1. The third kappa shape index (κ3) is 3.20. The summed E-state index contributed by atoms with van der Waals surface area (Å²) in [5.41, 5.74) is -0.369. The summed E-state index contributed by atoms with van der Waals surface area (Å²) in [7, 11) is 1.55. The van der Waals surface area contributed by atoms with Crippen molar-refractivity contribution in [2.75, 3.05) is 26.7 Å². The van der Waals surface area contributed by atoms with Crippen LogP contribution in [0, 0.1) is 5.41 Å². The number of hydrogen-bond acceptors (Lipinski definition) is 3. The second kappa shape index (κ2) is 5.11. The lowest BCUT2D eigenvalue weighted by molar-refractivity contribution is -0.133. The lowest BCUT2D eigenvalue weighted by atomic mass is 9.82. The van der Waals surface area contributed by atoms with Gasteiger partial charge in [0.2, 0.25) is 11.8 Å². The zero-order valence-corrected chi connectivity index (χ0v) is 9.35. The van der Waals surface area contributed by atoms with Gasteiger partial charge in [-0.05, 0) is 26.3 Å². The molecule has 5 nitrogen and oxygen atoms in total. The van der Waals surface area contributed by atoms with Gasteiger partial charge in [-0.2, -0.15) is 0 Å². The van der Waals surface area contributed by atoms with E-state index in [-0.39, 0.29) is 23.8 Å². The van der Waals surface area contributed by atoms with E-state index >= 15 is 0 Å². The highest BCUT2D eigenvalue weighted by Gasteiger charge is 2.34. The van der Waals surface area contributed by atoms with E-state index < -0.39 is 0 Å². The van der Waals surface area contributed by atoms with Crippen LogP contribution in [0.1, 0.15) is 19.8 Å². The zero-order chi connectivity index (χ0) is 11.3. The molecule has 0 aromatic carbocycles. The minimum Gasteiger partial charge on any atom is -0.358 e. The molecule has 1 saturated heterocycles. The molecule has 0 bridgehead atoms. The normalized spacial score (nSPS) is 25.7. The van der Waals surface area contributed by atoms with Crippen molar-refractivity contribution in [1.82, 2.24) is 16.0 Å². The average molecular weight is 213 g/mol. The summed E-state index contributed by atoms with van der Waals surface area (Å²) in [5.74, 6) is -0.214. The van der Waals surface area contributed by atoms with Crippen LogP contribution in [0.3, 0.4) is 0 Å². The molecule has 0 aromatic rings. The highest BCUT2D eigenvalue weighted by Crippen LogP contribution is 2.25. The number of hydrogen-bond donors (Lipinski definition) is 3. The molecule has 1 rings (SSSR count). The van der Waals surface area contributed by atoms with E-state index in [4.69, 9.17) is 0 Å². The first-order chi connectivity index (χ1) is 7.08. The van der Waals surface area contributed by atoms with E-state index in [1.807, 2.05) is 6.92 Å². The minimum absolute atomic E-state index is 0.0432. The summed E-state index contributed by atoms with van der Waals surface area (Å²) in [6, 6.07) is 0. The van der Waals surface area contributed by atoms with E-state index in [2.05, 4.69) is 16.0 Å². The Hall–Kier alpha value is -1.10. The van der Waals surface area contributed by atoms with Gasteiger partial charge in [0.1, 0.15) is 0 Å². The van der Waals surface area contributed by atoms with Crippen molar-refractivity contribution >= 4 is 11.8 Å². The lowest BCUT2D eigenvalue weighted by Gasteiger charge is -2.32. The summed E-state index contributed by atoms with van der Waals surface area (Å²) in [4.78, 5) is 22.8. The van der Waals surface area contributed by atoms with E-state index in [1.165, 1.54) is 0 Å². The molecule has 1 aliphatic rings. The standard InChI is InChI=1S/C10H19N3O2/c1-10(4-3-5-12-7-10)9(15)13-6-8(14)11-2/h12H,3-7H2,1-2H3,(H,11,14)(H,13,15). The highest BCUT2D eigenvalue weighted by molar-refractivity contribution is 5.87. The molecule has 3 N–H and O–H groups in total. The first kappa shape index (κ1) is 12.0. The van der Waals surface area contributed by atoms with Crippen molar-refractivity contribution in [2.45, 2.75) is 19.8 Å². The van der Waals surface area contributed by atoms with E-state index in [0.29, 0.717) is 6.54 Å². The monoisotopic (exact) mass is 213 g/mol. The molecule has 15 heavy (non-hydrogen) atoms. The largest absolute Gasteiger partial charge is 0.358 e. The third-order valence-electron chi connectivity index (χ3n) is 2.83. The van der Waals surface area contributed by atoms with E-state index in [1.54, 1.807) is 7.05 Å². The van der Waals surface area contributed by atoms with Gasteiger partial charge in [-0.25, -0.2) is 0 Å². The van der Waals surface area contributed by atoms with Crippen molar-refractivity contribution in [3.05, 3.63) is 0 Å². The third-order valence-corrected chi connectivity index (χ3v) is 2.83. The summed E-state index contributed by atoms with van der Waals surface area (Å²) in [5, 5.41) is 8.32. The summed E-state index contributed by atoms with van der Waals surface area (Å²) in [6.45, 7) is 3.65. The van der Waals surface area contributed by atoms with Gasteiger partial charge in [0.05, 0.1) is 12.0 Å². The van der Waals surface area contributed by atoms with Gasteiger partial charge < -0.3 is 16.0 Å². The van der Waals surface area contributed by atoms with Gasteiger partial charge >= 0.3 is 0 Å². The molecule has 86 valence electrons. The first-order valence-corrected chi connectivity index (χ1v) is 5.28. The fourth-order valence-corrected chi connectivity index (χ4v) is 1.71. The van der Waals surface area contributed by atoms with Crippen LogP contribution in [0.15, 0.2) is 0 Å². The van der Waals surface area contributed by atoms with E-state index in [9.17, 15) is 9.59 Å². The van der Waals surface area contributed by atoms with Crippen molar-refractivity contribution in [2.24, 2.45) is 5.41 Å². The summed E-state index contributed by atoms with van der Waals surface area (Å²) < 4.78 is 0. The van der Waals surface area contributed by atoms with Crippen LogP contribution in [0.25, 0.3) is 0 Å². The molecule has 1 unspecified atom stereocenters. The Morgan fingerprint density at radius 1 is 1.47 bits per heavy atom. The van der Waals surface area contributed by atoms with Crippen LogP contribution < -0.4 is 16.0 Å². The van der Waals surface area contributed by atoms with Crippen LogP contribution in [-0.4, -0.2) is 38.5 Å². The molecule has 1 aliphatic heterocycles. The minimum atomic E-state index is -0.369. The Balaban J connectivity index is 2.41. The smallest absolute Gasteiger partial charge is 0.239 e. The fourth-order valence-electron chi connectivity index (χ4n) is 1.71. The predicted molar refractivity (Wildman–Crippen MR) is 57.3 cm³/mol. The molecule has 0 saturated carbocycles. The maximum atomic E-state index is 11.8. The van der Waals surface area contributed by atoms with Gasteiger partial charge in [0.25, 0.3) is 0 Å². The second-order valence-electron chi connectivity index (χ2n) is 4.20. The number of rotatable bonds is 3. The van der Waals surface area contributed by atoms with Crippen molar-refractivity contribution in [1.29, 1.82) is 0 Å². The number of carbonyl (C=O) groups is 2. The average Bonchev–Trinajstić information content (AvgIpc) is 2.26. The highest BCUT2D eigenvalue weighted by atomic mass is 16.2. The van der Waals surface area contributed by atoms with E-state index in [0.717, 1.165) is 19.4 Å². The van der Waals surface area contributed by atoms with Gasteiger partial charge in [-0.3, -0.25) is 9.59 Å². The van der Waals surface area contributed by atoms with Gasteiger partial charge in [-0.1, -0.05) is 0 Å². The fraction of sp³-hybridized carbons (Fsp3) is 0.800. The quantitative estimate of drug-likeness (QED) is 0.577. The maximum absolute atomic E-state index is 11.8. The van der Waals surface area contributed by atoms with Crippen LogP contribution >= 0.6 is 0 Å². The summed E-state index contributed by atoms with van der Waals surface area (Å²) >= 11 is 0. The van der Waals surface area contributed by atoms with Crippen molar-refractivity contribution < 1.29 is 9.59 Å². The predicted octanol–water partition coefficient (Wildman–Crippen LogP) is -0.762. The number of carbonyl (C=O) groups excluding carboxylic acids is 2. The first-order valence-electron chi connectivity index (χ1n) is 5.28. The number of amides is 2. The van der Waals surface area contributed by atoms with Gasteiger partial charge in [-0.15, -0.1) is 0 Å². The molecule has 1 heterocycles. The Morgan fingerprint density at radius 2 is 2.20 bits per heavy atom. The van der Waals surface area contributed by atoms with Crippen molar-refractivity contribution in [3.8, 4) is 0 Å². The summed E-state index contributed by atoms with van der Waals surface area (Å²) in [6.07, 6.45) is 1.88. The van der Waals surface area contributed by atoms with Gasteiger partial charge in [0.15, 0.2) is 0 Å². The SMILES string of the molecule is CNC(=O)CNC(=O)C1(C)CCCNC1. The molecule has 0 spiro atoms. The van der Waals surface area contributed by atoms with Crippen LogP contribution in [0.4, 0.5) is 0 Å². The molecular weight excluding hydrogens is 194 g/mol. The van der Waals surface area contributed by atoms with Crippen LogP contribution in [0.2, 0.25) is 0 Å². The Kier molecular flexibility index (Phi) is 4.08. The Labute approximate surface area is 90.0 Å². The Morgan fingerprint density at radius 3 is 2.73 bits per heavy atom. The van der Waals surface area contributed by atoms with Crippen LogP contribution in [-0.2, 0) is 9.59 Å². The molecule has 1 fully saturated rings. The molecule has 0 radical (unpaired) electrons. The maximum Gasteiger partial charge on any atom is 0.239 e. The zero-order valence-electron chi connectivity index (χ0n) is 9.35. The number of piperidine rings is 1. The second-order valence-corrected chi connectivity index (χ2v) is 4.20. The molecular formula is C10H19N3O2. The van der Waals surface area contributed by atoms with Crippen LogP contribution in [0.5, 0.6) is 0 Å². The van der Waals surface area contributed by atoms with Crippen molar-refractivity contribution in [3.63, 3.8) is 0 Å². The molecule has 5 heteroatoms. The lowest BCUT2D eigenvalue weighted by Crippen LogP contribution is -2.50. The molecule has 0 aromatic heterocycles. The number of nitrogens with one attached hydrogen (secondary N) is 3.